The molecule has 0 bridgehead atoms. The lowest BCUT2D eigenvalue weighted by Crippen LogP contribution is -1.82. The monoisotopic (exact) mass is 212 g/mol. The molecule has 0 aliphatic carbocycles. The zero-order chi connectivity index (χ0) is 10.1. The highest BCUT2D eigenvalue weighted by Gasteiger charge is 2.09. The molecule has 14 heavy (non-hydrogen) atoms. The summed E-state index contributed by atoms with van der Waals surface area (Å²) < 4.78 is 18.3. The van der Waals surface area contributed by atoms with E-state index >= 15 is 0 Å². The normalized spacial score (nSPS) is 10.4. The number of aromatic nitrogens is 1. The molecule has 0 radical (unpaired) electrons. The third-order valence-electron chi connectivity index (χ3n) is 1.72. The predicted molar refractivity (Wildman–Crippen MR) is 51.3 cm³/mol. The first kappa shape index (κ1) is 9.02. The van der Waals surface area contributed by atoms with E-state index in [1.807, 2.05) is 0 Å². The SMILES string of the molecule is Nc1ncc(-c2ccc(Cl)cc2F)o1. The molecule has 1 heterocycles. The molecule has 0 amide bonds. The summed E-state index contributed by atoms with van der Waals surface area (Å²) in [6, 6.07) is 4.29. The van der Waals surface area contributed by atoms with Crippen LogP contribution in [-0.4, -0.2) is 4.98 Å². The number of anilines is 1. The number of benzene rings is 1. The second-order valence-corrected chi connectivity index (χ2v) is 3.12. The van der Waals surface area contributed by atoms with Crippen molar-refractivity contribution < 1.29 is 8.81 Å². The van der Waals surface area contributed by atoms with Gasteiger partial charge in [0.15, 0.2) is 5.76 Å². The fourth-order valence-corrected chi connectivity index (χ4v) is 1.26. The Bertz CT molecular complexity index is 470. The van der Waals surface area contributed by atoms with Gasteiger partial charge in [0.05, 0.1) is 11.8 Å². The third-order valence-corrected chi connectivity index (χ3v) is 1.96. The van der Waals surface area contributed by atoms with Gasteiger partial charge < -0.3 is 10.2 Å². The molecule has 5 heteroatoms. The van der Waals surface area contributed by atoms with Gasteiger partial charge in [-0.2, -0.15) is 0 Å². The number of halogens is 2. The first-order chi connectivity index (χ1) is 6.66. The molecule has 3 nitrogen and oxygen atoms in total. The minimum Gasteiger partial charge on any atom is -0.424 e. The number of nitrogen functional groups attached to an aromatic ring is 1. The lowest BCUT2D eigenvalue weighted by Gasteiger charge is -1.98. The van der Waals surface area contributed by atoms with Crippen LogP contribution in [0.1, 0.15) is 0 Å². The Morgan fingerprint density at radius 3 is 2.79 bits per heavy atom. The van der Waals surface area contributed by atoms with Crippen LogP contribution >= 0.6 is 11.6 Å². The fourth-order valence-electron chi connectivity index (χ4n) is 1.10. The van der Waals surface area contributed by atoms with Crippen LogP contribution in [-0.2, 0) is 0 Å². The maximum atomic E-state index is 13.3. The zero-order valence-electron chi connectivity index (χ0n) is 7.00. The van der Waals surface area contributed by atoms with E-state index in [0.717, 1.165) is 0 Å². The van der Waals surface area contributed by atoms with Crippen molar-refractivity contribution >= 4 is 17.6 Å². The largest absolute Gasteiger partial charge is 0.424 e. The summed E-state index contributed by atoms with van der Waals surface area (Å²) in [5.74, 6) is -0.176. The van der Waals surface area contributed by atoms with Crippen molar-refractivity contribution in [1.82, 2.24) is 4.98 Å². The molecule has 1 aromatic carbocycles. The van der Waals surface area contributed by atoms with Crippen LogP contribution in [0.5, 0.6) is 0 Å². The van der Waals surface area contributed by atoms with Crippen molar-refractivity contribution in [3.63, 3.8) is 0 Å². The van der Waals surface area contributed by atoms with Crippen molar-refractivity contribution in [2.45, 2.75) is 0 Å². The molecule has 1 aromatic heterocycles. The van der Waals surface area contributed by atoms with Crippen LogP contribution in [0.25, 0.3) is 11.3 Å². The molecule has 0 unspecified atom stereocenters. The zero-order valence-corrected chi connectivity index (χ0v) is 7.75. The van der Waals surface area contributed by atoms with E-state index in [2.05, 4.69) is 4.98 Å². The van der Waals surface area contributed by atoms with Gasteiger partial charge in [-0.15, -0.1) is 0 Å². The van der Waals surface area contributed by atoms with E-state index in [4.69, 9.17) is 21.8 Å². The van der Waals surface area contributed by atoms with Gasteiger partial charge >= 0.3 is 0 Å². The Balaban J connectivity index is 2.52. The number of hydrogen-bond acceptors (Lipinski definition) is 3. The van der Waals surface area contributed by atoms with E-state index in [9.17, 15) is 4.39 Å². The van der Waals surface area contributed by atoms with Crippen molar-refractivity contribution in [1.29, 1.82) is 0 Å². The maximum Gasteiger partial charge on any atom is 0.292 e. The van der Waals surface area contributed by atoms with Crippen molar-refractivity contribution in [3.8, 4) is 11.3 Å². The Morgan fingerprint density at radius 1 is 1.43 bits per heavy atom. The molecular formula is C9H6ClFN2O. The van der Waals surface area contributed by atoms with Crippen LogP contribution in [0.3, 0.4) is 0 Å². The molecule has 72 valence electrons. The van der Waals surface area contributed by atoms with E-state index < -0.39 is 5.82 Å². The van der Waals surface area contributed by atoms with E-state index in [1.54, 1.807) is 6.07 Å². The van der Waals surface area contributed by atoms with Gasteiger partial charge in [-0.1, -0.05) is 11.6 Å². The van der Waals surface area contributed by atoms with E-state index in [0.29, 0.717) is 10.6 Å². The summed E-state index contributed by atoms with van der Waals surface area (Å²) in [5.41, 5.74) is 5.56. The Hall–Kier alpha value is -1.55. The summed E-state index contributed by atoms with van der Waals surface area (Å²) in [5, 5.41) is 0.332. The highest BCUT2D eigenvalue weighted by Crippen LogP contribution is 2.26. The molecule has 0 aliphatic heterocycles. The highest BCUT2D eigenvalue weighted by molar-refractivity contribution is 6.30. The topological polar surface area (TPSA) is 52.0 Å². The lowest BCUT2D eigenvalue weighted by molar-refractivity contribution is 0.580. The number of nitrogens with two attached hydrogens (primary N) is 1. The van der Waals surface area contributed by atoms with Gasteiger partial charge in [0.2, 0.25) is 0 Å². The quantitative estimate of drug-likeness (QED) is 0.791. The molecule has 2 aromatic rings. The average Bonchev–Trinajstić information content (AvgIpc) is 2.51. The molecular weight excluding hydrogens is 207 g/mol. The first-order valence-electron chi connectivity index (χ1n) is 3.83. The van der Waals surface area contributed by atoms with Crippen molar-refractivity contribution in [2.24, 2.45) is 0 Å². The smallest absolute Gasteiger partial charge is 0.292 e. The van der Waals surface area contributed by atoms with Gasteiger partial charge in [0.25, 0.3) is 6.01 Å². The van der Waals surface area contributed by atoms with Gasteiger partial charge in [0.1, 0.15) is 5.82 Å². The summed E-state index contributed by atoms with van der Waals surface area (Å²) >= 11 is 5.60. The molecule has 0 atom stereocenters. The van der Waals surface area contributed by atoms with Gasteiger partial charge in [-0.05, 0) is 18.2 Å². The molecule has 0 fully saturated rings. The average molecular weight is 213 g/mol. The van der Waals surface area contributed by atoms with E-state index in [-0.39, 0.29) is 11.8 Å². The highest BCUT2D eigenvalue weighted by atomic mass is 35.5. The lowest BCUT2D eigenvalue weighted by atomic mass is 10.2. The predicted octanol–water partition coefficient (Wildman–Crippen LogP) is 2.72. The fraction of sp³-hybridized carbons (Fsp3) is 0. The second kappa shape index (κ2) is 3.31. The van der Waals surface area contributed by atoms with Gasteiger partial charge in [0, 0.05) is 5.02 Å². The third kappa shape index (κ3) is 1.56. The number of oxazole rings is 1. The Labute approximate surface area is 84.3 Å². The molecule has 2 rings (SSSR count). The molecule has 0 saturated heterocycles. The van der Waals surface area contributed by atoms with Crippen molar-refractivity contribution in [3.05, 3.63) is 35.2 Å². The number of hydrogen-bond donors (Lipinski definition) is 1. The summed E-state index contributed by atoms with van der Waals surface area (Å²) in [6.45, 7) is 0. The number of rotatable bonds is 1. The number of nitrogens with zero attached hydrogens (tertiary/aromatic N) is 1. The summed E-state index contributed by atoms with van der Waals surface area (Å²) in [4.78, 5) is 3.67. The van der Waals surface area contributed by atoms with Gasteiger partial charge in [-0.25, -0.2) is 9.37 Å². The maximum absolute atomic E-state index is 13.3. The van der Waals surface area contributed by atoms with Crippen LogP contribution in [0.15, 0.2) is 28.8 Å². The first-order valence-corrected chi connectivity index (χ1v) is 4.21. The summed E-state index contributed by atoms with van der Waals surface area (Å²) in [7, 11) is 0. The molecule has 0 aliphatic rings. The second-order valence-electron chi connectivity index (χ2n) is 2.69. The molecule has 0 spiro atoms. The van der Waals surface area contributed by atoms with Crippen LogP contribution in [0.4, 0.5) is 10.4 Å². The van der Waals surface area contributed by atoms with Crippen LogP contribution < -0.4 is 5.73 Å². The van der Waals surface area contributed by atoms with E-state index in [1.165, 1.54) is 18.3 Å². The Kier molecular flexibility index (Phi) is 2.13. The minimum atomic E-state index is -0.464. The van der Waals surface area contributed by atoms with Crippen LogP contribution in [0, 0.1) is 5.82 Å². The minimum absolute atomic E-state index is 0.00866. The van der Waals surface area contributed by atoms with Crippen LogP contribution in [0.2, 0.25) is 5.02 Å². The van der Waals surface area contributed by atoms with Crippen molar-refractivity contribution in [2.75, 3.05) is 5.73 Å². The van der Waals surface area contributed by atoms with Gasteiger partial charge in [-0.3, -0.25) is 0 Å². The molecule has 0 saturated carbocycles. The standard InChI is InChI=1S/C9H6ClFN2O/c10-5-1-2-6(7(11)3-5)8-4-13-9(12)14-8/h1-4H,(H2,12,13). The summed E-state index contributed by atoms with van der Waals surface area (Å²) in [6.07, 6.45) is 1.36. The molecule has 2 N–H and O–H groups in total. The Morgan fingerprint density at radius 2 is 2.21 bits per heavy atom.